The van der Waals surface area contributed by atoms with E-state index >= 15 is 0 Å². The second-order valence-electron chi connectivity index (χ2n) is 5.05. The molecule has 0 aromatic heterocycles. The molecule has 1 aromatic carbocycles. The molecule has 9 heteroatoms. The zero-order chi connectivity index (χ0) is 16.3. The number of hydrazine groups is 1. The van der Waals surface area contributed by atoms with E-state index in [2.05, 4.69) is 10.9 Å². The summed E-state index contributed by atoms with van der Waals surface area (Å²) in [6, 6.07) is 4.75. The Morgan fingerprint density at radius 1 is 1.23 bits per heavy atom. The lowest BCUT2D eigenvalue weighted by atomic mass is 10.1. The van der Waals surface area contributed by atoms with Crippen molar-refractivity contribution in [1.82, 2.24) is 10.9 Å². The molecular weight excluding hydrogens is 351 g/mol. The molecule has 22 heavy (non-hydrogen) atoms. The van der Waals surface area contributed by atoms with Crippen molar-refractivity contribution in [2.75, 3.05) is 11.5 Å². The van der Waals surface area contributed by atoms with E-state index < -0.39 is 27.6 Å². The molecule has 1 aromatic rings. The molecule has 1 aliphatic rings. The first kappa shape index (κ1) is 17.1. The van der Waals surface area contributed by atoms with Crippen LogP contribution in [0.1, 0.15) is 12.0 Å². The minimum atomic E-state index is -3.14. The smallest absolute Gasteiger partial charge is 0.242 e. The van der Waals surface area contributed by atoms with Crippen molar-refractivity contribution in [2.24, 2.45) is 5.92 Å². The third kappa shape index (κ3) is 4.59. The fraction of sp³-hybridized carbons (Fsp3) is 0.385. The number of benzene rings is 1. The van der Waals surface area contributed by atoms with Crippen LogP contribution in [0, 0.1) is 5.92 Å². The Morgan fingerprint density at radius 3 is 2.55 bits per heavy atom. The Hall–Kier alpha value is -1.31. The van der Waals surface area contributed by atoms with E-state index in [0.717, 1.165) is 0 Å². The summed E-state index contributed by atoms with van der Waals surface area (Å²) >= 11 is 11.7. The molecular formula is C13H14Cl2N2O4S. The quantitative estimate of drug-likeness (QED) is 0.786. The van der Waals surface area contributed by atoms with Crippen LogP contribution in [-0.2, 0) is 25.8 Å². The predicted molar refractivity (Wildman–Crippen MR) is 83.2 cm³/mol. The lowest BCUT2D eigenvalue weighted by Crippen LogP contribution is -2.45. The molecule has 0 aliphatic carbocycles. The van der Waals surface area contributed by atoms with Crippen molar-refractivity contribution in [2.45, 2.75) is 12.8 Å². The molecule has 0 unspecified atom stereocenters. The van der Waals surface area contributed by atoms with E-state index in [1.54, 1.807) is 12.1 Å². The number of nitrogens with one attached hydrogen (secondary N) is 2. The SMILES string of the molecule is O=C(Cc1ccc(Cl)cc1Cl)NNC(=O)[C@H]1CCS(=O)(=O)C1. The number of amides is 2. The van der Waals surface area contributed by atoms with Crippen molar-refractivity contribution < 1.29 is 18.0 Å². The summed E-state index contributed by atoms with van der Waals surface area (Å²) in [6.07, 6.45) is 0.242. The van der Waals surface area contributed by atoms with Gasteiger partial charge in [0.25, 0.3) is 0 Å². The monoisotopic (exact) mass is 364 g/mol. The van der Waals surface area contributed by atoms with Crippen LogP contribution in [0.4, 0.5) is 0 Å². The van der Waals surface area contributed by atoms with Gasteiger partial charge >= 0.3 is 0 Å². The van der Waals surface area contributed by atoms with Gasteiger partial charge in [-0.2, -0.15) is 0 Å². The molecule has 1 heterocycles. The second kappa shape index (κ2) is 6.85. The summed E-state index contributed by atoms with van der Waals surface area (Å²) in [5.74, 6) is -1.77. The second-order valence-corrected chi connectivity index (χ2v) is 8.12. The summed E-state index contributed by atoms with van der Waals surface area (Å²) in [5, 5.41) is 0.820. The Bertz CT molecular complexity index is 706. The van der Waals surface area contributed by atoms with Crippen LogP contribution in [0.5, 0.6) is 0 Å². The molecule has 0 spiro atoms. The Labute approximate surface area is 138 Å². The molecule has 0 saturated carbocycles. The summed E-state index contributed by atoms with van der Waals surface area (Å²) in [4.78, 5) is 23.5. The van der Waals surface area contributed by atoms with Crippen molar-refractivity contribution in [1.29, 1.82) is 0 Å². The molecule has 0 bridgehead atoms. The predicted octanol–water partition coefficient (Wildman–Crippen LogP) is 1.12. The summed E-state index contributed by atoms with van der Waals surface area (Å²) in [7, 11) is -3.14. The maximum Gasteiger partial charge on any atom is 0.242 e. The molecule has 0 radical (unpaired) electrons. The van der Waals surface area contributed by atoms with Gasteiger partial charge in [-0.05, 0) is 24.1 Å². The summed E-state index contributed by atoms with van der Waals surface area (Å²) < 4.78 is 22.6. The van der Waals surface area contributed by atoms with Crippen LogP contribution in [0.15, 0.2) is 18.2 Å². The van der Waals surface area contributed by atoms with E-state index in [4.69, 9.17) is 23.2 Å². The van der Waals surface area contributed by atoms with Crippen LogP contribution >= 0.6 is 23.2 Å². The average Bonchev–Trinajstić information content (AvgIpc) is 2.80. The lowest BCUT2D eigenvalue weighted by molar-refractivity contribution is -0.130. The Kier molecular flexibility index (Phi) is 5.31. The maximum absolute atomic E-state index is 11.8. The van der Waals surface area contributed by atoms with Gasteiger partial charge in [0.1, 0.15) is 0 Å². The molecule has 1 aliphatic heterocycles. The van der Waals surface area contributed by atoms with Gasteiger partial charge in [-0.15, -0.1) is 0 Å². The summed E-state index contributed by atoms with van der Waals surface area (Å²) in [6.45, 7) is 0. The van der Waals surface area contributed by atoms with Gasteiger partial charge in [0.15, 0.2) is 9.84 Å². The van der Waals surface area contributed by atoms with E-state index in [0.29, 0.717) is 15.6 Å². The maximum atomic E-state index is 11.8. The normalized spacial score (nSPS) is 19.6. The molecule has 1 fully saturated rings. The molecule has 2 amide bonds. The van der Waals surface area contributed by atoms with Crippen LogP contribution in [0.2, 0.25) is 10.0 Å². The standard InChI is InChI=1S/C13H14Cl2N2O4S/c14-10-2-1-8(11(15)6-10)5-12(18)16-17-13(19)9-3-4-22(20,21)7-9/h1-2,6,9H,3-5,7H2,(H,16,18)(H,17,19)/t9-/m0/s1. The highest BCUT2D eigenvalue weighted by atomic mass is 35.5. The Balaban J connectivity index is 1.84. The van der Waals surface area contributed by atoms with Gasteiger partial charge in [0, 0.05) is 10.0 Å². The third-order valence-electron chi connectivity index (χ3n) is 3.29. The molecule has 2 N–H and O–H groups in total. The van der Waals surface area contributed by atoms with Gasteiger partial charge in [-0.25, -0.2) is 8.42 Å². The molecule has 6 nitrogen and oxygen atoms in total. The van der Waals surface area contributed by atoms with Gasteiger partial charge in [0.05, 0.1) is 23.8 Å². The lowest BCUT2D eigenvalue weighted by Gasteiger charge is -2.11. The molecule has 1 saturated heterocycles. The van der Waals surface area contributed by atoms with Crippen LogP contribution in [-0.4, -0.2) is 31.7 Å². The van der Waals surface area contributed by atoms with Crippen LogP contribution < -0.4 is 10.9 Å². The van der Waals surface area contributed by atoms with Gasteiger partial charge in [-0.3, -0.25) is 20.4 Å². The first-order valence-electron chi connectivity index (χ1n) is 6.50. The Morgan fingerprint density at radius 2 is 1.95 bits per heavy atom. The average molecular weight is 365 g/mol. The number of sulfone groups is 1. The largest absolute Gasteiger partial charge is 0.273 e. The zero-order valence-electron chi connectivity index (χ0n) is 11.4. The van der Waals surface area contributed by atoms with E-state index in [9.17, 15) is 18.0 Å². The molecule has 2 rings (SSSR count). The number of carbonyl (C=O) groups excluding carboxylic acids is 2. The van der Waals surface area contributed by atoms with Crippen LogP contribution in [0.25, 0.3) is 0 Å². The van der Waals surface area contributed by atoms with Gasteiger partial charge in [-0.1, -0.05) is 29.3 Å². The molecule has 1 atom stereocenters. The van der Waals surface area contributed by atoms with Crippen molar-refractivity contribution in [3.8, 4) is 0 Å². The number of halogens is 2. The number of carbonyl (C=O) groups is 2. The topological polar surface area (TPSA) is 92.3 Å². The number of rotatable bonds is 3. The fourth-order valence-electron chi connectivity index (χ4n) is 2.12. The highest BCUT2D eigenvalue weighted by Crippen LogP contribution is 2.21. The first-order valence-corrected chi connectivity index (χ1v) is 9.07. The van der Waals surface area contributed by atoms with E-state index in [1.165, 1.54) is 6.07 Å². The number of hydrogen-bond donors (Lipinski definition) is 2. The van der Waals surface area contributed by atoms with E-state index in [-0.39, 0.29) is 24.3 Å². The minimum Gasteiger partial charge on any atom is -0.273 e. The van der Waals surface area contributed by atoms with Crippen molar-refractivity contribution >= 4 is 44.9 Å². The van der Waals surface area contributed by atoms with Gasteiger partial charge < -0.3 is 0 Å². The molecule has 120 valence electrons. The fourth-order valence-corrected chi connectivity index (χ4v) is 4.33. The first-order chi connectivity index (χ1) is 10.3. The van der Waals surface area contributed by atoms with Crippen molar-refractivity contribution in [3.05, 3.63) is 33.8 Å². The third-order valence-corrected chi connectivity index (χ3v) is 5.65. The highest BCUT2D eigenvalue weighted by molar-refractivity contribution is 7.91. The number of hydrogen-bond acceptors (Lipinski definition) is 4. The van der Waals surface area contributed by atoms with Crippen molar-refractivity contribution in [3.63, 3.8) is 0 Å². The van der Waals surface area contributed by atoms with Gasteiger partial charge in [0.2, 0.25) is 11.8 Å². The zero-order valence-corrected chi connectivity index (χ0v) is 13.8. The van der Waals surface area contributed by atoms with E-state index in [1.807, 2.05) is 0 Å². The minimum absolute atomic E-state index is 0.000580. The summed E-state index contributed by atoms with van der Waals surface area (Å²) in [5.41, 5.74) is 5.06. The van der Waals surface area contributed by atoms with Crippen LogP contribution in [0.3, 0.4) is 0 Å². The highest BCUT2D eigenvalue weighted by Gasteiger charge is 2.33.